The van der Waals surface area contributed by atoms with Crippen LogP contribution in [-0.4, -0.2) is 42.5 Å². The van der Waals surface area contributed by atoms with E-state index in [0.717, 1.165) is 12.0 Å². The molecule has 1 aromatic rings. The van der Waals surface area contributed by atoms with E-state index in [9.17, 15) is 9.59 Å². The zero-order valence-corrected chi connectivity index (χ0v) is 12.7. The van der Waals surface area contributed by atoms with Crippen LogP contribution in [0.3, 0.4) is 0 Å². The van der Waals surface area contributed by atoms with E-state index in [1.807, 2.05) is 37.3 Å². The Kier molecular flexibility index (Phi) is 4.96. The van der Waals surface area contributed by atoms with E-state index in [4.69, 9.17) is 4.74 Å². The van der Waals surface area contributed by atoms with Crippen molar-refractivity contribution in [1.29, 1.82) is 0 Å². The second-order valence-corrected chi connectivity index (χ2v) is 5.29. The van der Waals surface area contributed by atoms with Crippen LogP contribution in [0.5, 0.6) is 0 Å². The van der Waals surface area contributed by atoms with Crippen molar-refractivity contribution in [2.75, 3.05) is 13.7 Å². The van der Waals surface area contributed by atoms with Crippen LogP contribution in [0.25, 0.3) is 0 Å². The minimum absolute atomic E-state index is 0.0720. The molecule has 0 aliphatic carbocycles. The number of amides is 2. The van der Waals surface area contributed by atoms with E-state index in [1.54, 1.807) is 18.9 Å². The zero-order valence-electron chi connectivity index (χ0n) is 12.7. The minimum Gasteiger partial charge on any atom is -0.383 e. The molecule has 0 radical (unpaired) electrons. The number of rotatable bonds is 5. The lowest BCUT2D eigenvalue weighted by atomic mass is 9.98. The van der Waals surface area contributed by atoms with Crippen molar-refractivity contribution < 1.29 is 14.3 Å². The largest absolute Gasteiger partial charge is 0.383 e. The number of carbonyl (C=O) groups is 2. The Bertz CT molecular complexity index is 504. The van der Waals surface area contributed by atoms with Crippen LogP contribution in [0.15, 0.2) is 30.3 Å². The van der Waals surface area contributed by atoms with E-state index in [0.29, 0.717) is 6.61 Å². The van der Waals surface area contributed by atoms with Gasteiger partial charge in [0.25, 0.3) is 5.91 Å². The van der Waals surface area contributed by atoms with Crippen LogP contribution >= 0.6 is 0 Å². The highest BCUT2D eigenvalue weighted by molar-refractivity contribution is 5.97. The molecule has 5 heteroatoms. The Labute approximate surface area is 125 Å². The van der Waals surface area contributed by atoms with E-state index in [2.05, 4.69) is 5.32 Å². The van der Waals surface area contributed by atoms with Crippen molar-refractivity contribution in [3.8, 4) is 0 Å². The normalized spacial score (nSPS) is 23.9. The molecule has 0 bridgehead atoms. The third kappa shape index (κ3) is 3.08. The van der Waals surface area contributed by atoms with Crippen molar-refractivity contribution >= 4 is 11.8 Å². The molecule has 2 rings (SSSR count). The minimum atomic E-state index is -0.610. The number of hydrogen-bond donors (Lipinski definition) is 1. The lowest BCUT2D eigenvalue weighted by molar-refractivity contribution is -0.153. The summed E-state index contributed by atoms with van der Waals surface area (Å²) in [4.78, 5) is 26.7. The molecule has 21 heavy (non-hydrogen) atoms. The summed E-state index contributed by atoms with van der Waals surface area (Å²) >= 11 is 0. The van der Waals surface area contributed by atoms with E-state index >= 15 is 0 Å². The Morgan fingerprint density at radius 2 is 1.95 bits per heavy atom. The SMILES string of the molecule is CCC(COC)N1C(=O)C(c2ccccc2)NC(=O)C1C. The lowest BCUT2D eigenvalue weighted by Crippen LogP contribution is -2.62. The van der Waals surface area contributed by atoms with Gasteiger partial charge >= 0.3 is 0 Å². The summed E-state index contributed by atoms with van der Waals surface area (Å²) in [6.45, 7) is 4.18. The highest BCUT2D eigenvalue weighted by atomic mass is 16.5. The van der Waals surface area contributed by atoms with Crippen LogP contribution < -0.4 is 5.32 Å². The van der Waals surface area contributed by atoms with Crippen molar-refractivity contribution in [2.45, 2.75) is 38.4 Å². The molecule has 1 aliphatic rings. The summed E-state index contributed by atoms with van der Waals surface area (Å²) in [7, 11) is 1.61. The maximum absolute atomic E-state index is 12.8. The van der Waals surface area contributed by atoms with Gasteiger partial charge in [0.1, 0.15) is 12.1 Å². The third-order valence-electron chi connectivity index (χ3n) is 3.94. The summed E-state index contributed by atoms with van der Waals surface area (Å²) < 4.78 is 5.20. The Morgan fingerprint density at radius 1 is 1.29 bits per heavy atom. The second-order valence-electron chi connectivity index (χ2n) is 5.29. The molecular weight excluding hydrogens is 268 g/mol. The number of piperazine rings is 1. The zero-order chi connectivity index (χ0) is 15.4. The fourth-order valence-corrected chi connectivity index (χ4v) is 2.75. The molecule has 3 unspecified atom stereocenters. The molecule has 3 atom stereocenters. The molecule has 1 fully saturated rings. The van der Waals surface area contributed by atoms with Gasteiger partial charge in [0.05, 0.1) is 12.6 Å². The van der Waals surface area contributed by atoms with Crippen molar-refractivity contribution in [1.82, 2.24) is 10.2 Å². The molecule has 1 aliphatic heterocycles. The summed E-state index contributed by atoms with van der Waals surface area (Å²) in [6.07, 6.45) is 0.749. The molecule has 0 saturated carbocycles. The first-order chi connectivity index (χ1) is 10.1. The van der Waals surface area contributed by atoms with Gasteiger partial charge in [-0.3, -0.25) is 9.59 Å². The van der Waals surface area contributed by atoms with Crippen LogP contribution in [0.4, 0.5) is 0 Å². The average molecular weight is 290 g/mol. The standard InChI is InChI=1S/C16H22N2O3/c1-4-13(10-21-3)18-11(2)15(19)17-14(16(18)20)12-8-6-5-7-9-12/h5-9,11,13-14H,4,10H2,1-3H3,(H,17,19). The summed E-state index contributed by atoms with van der Waals surface area (Å²) in [5.74, 6) is -0.199. The number of ether oxygens (including phenoxy) is 1. The Hall–Kier alpha value is -1.88. The highest BCUT2D eigenvalue weighted by Crippen LogP contribution is 2.24. The maximum Gasteiger partial charge on any atom is 0.250 e. The first-order valence-corrected chi connectivity index (χ1v) is 7.26. The molecule has 1 aromatic carbocycles. The number of benzene rings is 1. The van der Waals surface area contributed by atoms with Crippen molar-refractivity contribution in [3.05, 3.63) is 35.9 Å². The number of methoxy groups -OCH3 is 1. The highest BCUT2D eigenvalue weighted by Gasteiger charge is 2.41. The molecule has 2 amide bonds. The number of nitrogens with zero attached hydrogens (tertiary/aromatic N) is 1. The van der Waals surface area contributed by atoms with Crippen LogP contribution in [0.1, 0.15) is 31.9 Å². The summed E-state index contributed by atoms with van der Waals surface area (Å²) in [5, 5.41) is 2.81. The third-order valence-corrected chi connectivity index (χ3v) is 3.94. The Morgan fingerprint density at radius 3 is 2.52 bits per heavy atom. The first kappa shape index (κ1) is 15.5. The predicted octanol–water partition coefficient (Wildman–Crippen LogP) is 1.50. The van der Waals surface area contributed by atoms with E-state index in [-0.39, 0.29) is 17.9 Å². The van der Waals surface area contributed by atoms with Gasteiger partial charge in [-0.2, -0.15) is 0 Å². The van der Waals surface area contributed by atoms with Gasteiger partial charge in [-0.15, -0.1) is 0 Å². The smallest absolute Gasteiger partial charge is 0.250 e. The van der Waals surface area contributed by atoms with Gasteiger partial charge in [-0.25, -0.2) is 0 Å². The fraction of sp³-hybridized carbons (Fsp3) is 0.500. The van der Waals surface area contributed by atoms with Crippen LogP contribution in [0.2, 0.25) is 0 Å². The topological polar surface area (TPSA) is 58.6 Å². The molecule has 5 nitrogen and oxygen atoms in total. The fourth-order valence-electron chi connectivity index (χ4n) is 2.75. The average Bonchev–Trinajstić information content (AvgIpc) is 2.51. The van der Waals surface area contributed by atoms with Gasteiger partial charge < -0.3 is 15.0 Å². The Balaban J connectivity index is 2.31. The van der Waals surface area contributed by atoms with Crippen LogP contribution in [-0.2, 0) is 14.3 Å². The van der Waals surface area contributed by atoms with Gasteiger partial charge in [-0.05, 0) is 18.9 Å². The summed E-state index contributed by atoms with van der Waals surface area (Å²) in [6, 6.07) is 8.15. The molecule has 1 N–H and O–H groups in total. The predicted molar refractivity (Wildman–Crippen MR) is 79.6 cm³/mol. The van der Waals surface area contributed by atoms with Gasteiger partial charge in [0, 0.05) is 7.11 Å². The maximum atomic E-state index is 12.8. The molecule has 0 spiro atoms. The first-order valence-electron chi connectivity index (χ1n) is 7.26. The molecule has 0 aromatic heterocycles. The quantitative estimate of drug-likeness (QED) is 0.894. The van der Waals surface area contributed by atoms with E-state index in [1.165, 1.54) is 0 Å². The van der Waals surface area contributed by atoms with Crippen LogP contribution in [0, 0.1) is 0 Å². The van der Waals surface area contributed by atoms with Crippen molar-refractivity contribution in [2.24, 2.45) is 0 Å². The summed E-state index contributed by atoms with van der Waals surface area (Å²) in [5.41, 5.74) is 0.806. The monoisotopic (exact) mass is 290 g/mol. The lowest BCUT2D eigenvalue weighted by Gasteiger charge is -2.41. The molecule has 1 saturated heterocycles. The van der Waals surface area contributed by atoms with Gasteiger partial charge in [0.15, 0.2) is 0 Å². The molecule has 1 heterocycles. The molecule has 114 valence electrons. The molecular formula is C16H22N2O3. The number of nitrogens with one attached hydrogen (secondary N) is 1. The number of carbonyl (C=O) groups excluding carboxylic acids is 2. The van der Waals surface area contributed by atoms with Gasteiger partial charge in [0.2, 0.25) is 5.91 Å². The van der Waals surface area contributed by atoms with Gasteiger partial charge in [-0.1, -0.05) is 37.3 Å². The number of hydrogen-bond acceptors (Lipinski definition) is 3. The van der Waals surface area contributed by atoms with E-state index < -0.39 is 12.1 Å². The van der Waals surface area contributed by atoms with Crippen molar-refractivity contribution in [3.63, 3.8) is 0 Å². The second kappa shape index (κ2) is 6.72.